The van der Waals surface area contributed by atoms with Crippen molar-refractivity contribution in [2.24, 2.45) is 5.92 Å². The number of hydrogen-bond acceptors (Lipinski definition) is 6. The first-order valence-electron chi connectivity index (χ1n) is 18.4. The van der Waals surface area contributed by atoms with Gasteiger partial charge in [0.1, 0.15) is 5.75 Å². The van der Waals surface area contributed by atoms with E-state index in [-0.39, 0.29) is 5.91 Å². The predicted octanol–water partition coefficient (Wildman–Crippen LogP) is 10.9. The number of ether oxygens (including phenoxy) is 4. The summed E-state index contributed by atoms with van der Waals surface area (Å²) in [6.45, 7) is 11.6. The average molecular weight is 659 g/mol. The molecule has 0 bridgehead atoms. The Labute approximate surface area is 287 Å². The van der Waals surface area contributed by atoms with Gasteiger partial charge in [0.05, 0.1) is 6.61 Å². The Hall–Kier alpha value is -2.90. The zero-order chi connectivity index (χ0) is 33.1. The van der Waals surface area contributed by atoms with Crippen molar-refractivity contribution in [1.82, 2.24) is 9.97 Å². The van der Waals surface area contributed by atoms with Gasteiger partial charge in [0.15, 0.2) is 26.8 Å². The quantitative estimate of drug-likeness (QED) is 0.0705. The molecule has 3 unspecified atom stereocenters. The minimum absolute atomic E-state index is 0.195. The lowest BCUT2D eigenvalue weighted by atomic mass is 9.96. The molecule has 256 valence electrons. The summed E-state index contributed by atoms with van der Waals surface area (Å²) in [5.74, 6) is 3.84. The van der Waals surface area contributed by atoms with Crippen LogP contribution in [0.4, 0.5) is 0 Å². The molecule has 0 spiro atoms. The summed E-state index contributed by atoms with van der Waals surface area (Å²) in [6.07, 6.45) is 21.6. The van der Waals surface area contributed by atoms with Crippen LogP contribution in [0.2, 0.25) is 5.54 Å². The number of nitrogens with zero attached hydrogens (tertiary/aromatic N) is 2. The van der Waals surface area contributed by atoms with Gasteiger partial charge in [-0.25, -0.2) is 9.97 Å². The molecule has 1 aliphatic rings. The Bertz CT molecular complexity index is 1270. The molecule has 0 aliphatic carbocycles. The van der Waals surface area contributed by atoms with Gasteiger partial charge in [0.2, 0.25) is 5.91 Å². The third-order valence-electron chi connectivity index (χ3n) is 8.91. The van der Waals surface area contributed by atoms with E-state index >= 15 is 0 Å². The van der Waals surface area contributed by atoms with E-state index in [9.17, 15) is 0 Å². The van der Waals surface area contributed by atoms with Gasteiger partial charge in [-0.05, 0) is 66.6 Å². The maximum Gasteiger partial charge on any atom is 0.215 e. The molecule has 0 saturated heterocycles. The van der Waals surface area contributed by atoms with Gasteiger partial charge in [-0.1, -0.05) is 110 Å². The number of unbranched alkanes of at least 4 members (excludes halogenated alkanes) is 7. The van der Waals surface area contributed by atoms with Gasteiger partial charge in [0.25, 0.3) is 0 Å². The van der Waals surface area contributed by atoms with E-state index in [1.54, 1.807) is 0 Å². The largest absolute Gasteiger partial charge is 0.494 e. The van der Waals surface area contributed by atoms with Crippen molar-refractivity contribution in [3.63, 3.8) is 0 Å². The Balaban J connectivity index is 1.14. The number of hydrogen-bond donors (Lipinski definition) is 0. The first-order valence-corrected chi connectivity index (χ1v) is 19.6. The summed E-state index contributed by atoms with van der Waals surface area (Å²) in [6, 6.07) is 14.1. The van der Waals surface area contributed by atoms with Crippen molar-refractivity contribution in [2.75, 3.05) is 19.8 Å². The van der Waals surface area contributed by atoms with Crippen LogP contribution in [-0.4, -0.2) is 45.2 Å². The Kier molecular flexibility index (Phi) is 16.6. The van der Waals surface area contributed by atoms with E-state index in [0.29, 0.717) is 27.5 Å². The highest BCUT2D eigenvalue weighted by Gasteiger charge is 2.27. The first-order chi connectivity index (χ1) is 23.1. The fourth-order valence-corrected chi connectivity index (χ4v) is 7.10. The van der Waals surface area contributed by atoms with Gasteiger partial charge in [-0.15, -0.1) is 0 Å². The third kappa shape index (κ3) is 13.3. The number of fused-ring (bicyclic) bond motifs is 1. The second kappa shape index (κ2) is 21.1. The normalized spacial score (nSPS) is 15.1. The molecule has 2 aromatic carbocycles. The Morgan fingerprint density at radius 1 is 0.660 bits per heavy atom. The van der Waals surface area contributed by atoms with Crippen LogP contribution in [-0.2, 0) is 4.74 Å². The van der Waals surface area contributed by atoms with E-state index in [0.717, 1.165) is 72.3 Å². The molecule has 0 saturated carbocycles. The van der Waals surface area contributed by atoms with Crippen LogP contribution in [0.3, 0.4) is 0 Å². The van der Waals surface area contributed by atoms with E-state index in [1.807, 2.05) is 42.7 Å². The van der Waals surface area contributed by atoms with Crippen molar-refractivity contribution < 1.29 is 18.9 Å². The predicted molar refractivity (Wildman–Crippen MR) is 195 cm³/mol. The molecule has 7 heteroatoms. The van der Waals surface area contributed by atoms with Gasteiger partial charge in [0, 0.05) is 36.7 Å². The molecule has 4 rings (SSSR count). The van der Waals surface area contributed by atoms with Crippen LogP contribution < -0.4 is 14.2 Å². The van der Waals surface area contributed by atoms with E-state index in [4.69, 9.17) is 18.9 Å². The number of aromatic nitrogens is 2. The minimum Gasteiger partial charge on any atom is -0.494 e. The SMILES string of the molecule is CCCCCC(C)CCCCCCC(C)[Si]C1Oc2ccc(-c3ncc(-c4ccc(OCCCCOCCCC)cc4)cn3)cc2O1. The molecule has 1 aromatic heterocycles. The van der Waals surface area contributed by atoms with Gasteiger partial charge in [-0.2, -0.15) is 0 Å². The molecular formula is C40H58N2O4Si. The highest BCUT2D eigenvalue weighted by Crippen LogP contribution is 2.38. The average Bonchev–Trinajstić information content (AvgIpc) is 3.49. The molecule has 3 atom stereocenters. The molecule has 3 aromatic rings. The molecular weight excluding hydrogens is 601 g/mol. The molecule has 47 heavy (non-hydrogen) atoms. The van der Waals surface area contributed by atoms with E-state index in [2.05, 4.69) is 49.8 Å². The van der Waals surface area contributed by atoms with Crippen LogP contribution in [0, 0.1) is 5.92 Å². The Morgan fingerprint density at radius 2 is 1.30 bits per heavy atom. The van der Waals surface area contributed by atoms with E-state index in [1.165, 1.54) is 70.6 Å². The highest BCUT2D eigenvalue weighted by atomic mass is 28.2. The summed E-state index contributed by atoms with van der Waals surface area (Å²) >= 11 is 0. The second-order valence-corrected chi connectivity index (χ2v) is 15.0. The van der Waals surface area contributed by atoms with Crippen LogP contribution in [0.5, 0.6) is 17.2 Å². The smallest absolute Gasteiger partial charge is 0.215 e. The summed E-state index contributed by atoms with van der Waals surface area (Å²) in [5.41, 5.74) is 3.55. The lowest BCUT2D eigenvalue weighted by molar-refractivity contribution is 0.122. The summed E-state index contributed by atoms with van der Waals surface area (Å²) in [7, 11) is 0.617. The van der Waals surface area contributed by atoms with Crippen molar-refractivity contribution in [3.05, 3.63) is 54.9 Å². The van der Waals surface area contributed by atoms with Gasteiger partial charge < -0.3 is 18.9 Å². The molecule has 0 amide bonds. The van der Waals surface area contributed by atoms with Crippen molar-refractivity contribution >= 4 is 9.52 Å². The first kappa shape index (κ1) is 36.9. The number of benzene rings is 2. The van der Waals surface area contributed by atoms with Crippen LogP contribution in [0.25, 0.3) is 22.5 Å². The lowest BCUT2D eigenvalue weighted by Crippen LogP contribution is -2.28. The Morgan fingerprint density at radius 3 is 2.04 bits per heavy atom. The zero-order valence-corrected chi connectivity index (χ0v) is 30.5. The fourth-order valence-electron chi connectivity index (χ4n) is 5.87. The van der Waals surface area contributed by atoms with Gasteiger partial charge >= 0.3 is 0 Å². The molecule has 0 fully saturated rings. The molecule has 2 radical (unpaired) electrons. The summed E-state index contributed by atoms with van der Waals surface area (Å²) in [4.78, 5) is 9.34. The van der Waals surface area contributed by atoms with Crippen molar-refractivity contribution in [2.45, 2.75) is 129 Å². The molecule has 6 nitrogen and oxygen atoms in total. The standard InChI is InChI=1S/C40H58N2O4Si/c1-5-7-11-16-31(3)17-12-9-10-13-18-32(4)47-40-45-37-24-21-34(28-38(37)46-40)39-41-29-35(30-42-39)33-19-22-36(23-20-33)44-27-15-14-26-43-25-8-6-2/h19-24,28-32,40H,5-18,25-27H2,1-4H3. The zero-order valence-electron chi connectivity index (χ0n) is 29.5. The van der Waals surface area contributed by atoms with Crippen LogP contribution in [0.1, 0.15) is 118 Å². The van der Waals surface area contributed by atoms with E-state index < -0.39 is 0 Å². The maximum atomic E-state index is 6.23. The lowest BCUT2D eigenvalue weighted by Gasteiger charge is -2.15. The van der Waals surface area contributed by atoms with Crippen molar-refractivity contribution in [3.8, 4) is 39.8 Å². The topological polar surface area (TPSA) is 62.7 Å². The molecule has 0 N–H and O–H groups in total. The number of rotatable bonds is 24. The molecule has 1 aliphatic heterocycles. The van der Waals surface area contributed by atoms with Gasteiger partial charge in [-0.3, -0.25) is 0 Å². The van der Waals surface area contributed by atoms with Crippen LogP contribution >= 0.6 is 0 Å². The molecule has 2 heterocycles. The second-order valence-electron chi connectivity index (χ2n) is 13.2. The third-order valence-corrected chi connectivity index (χ3v) is 10.3. The monoisotopic (exact) mass is 658 g/mol. The fraction of sp³-hybridized carbons (Fsp3) is 0.600. The van der Waals surface area contributed by atoms with Crippen LogP contribution in [0.15, 0.2) is 54.9 Å². The summed E-state index contributed by atoms with van der Waals surface area (Å²) < 4.78 is 23.9. The maximum absolute atomic E-state index is 6.23. The summed E-state index contributed by atoms with van der Waals surface area (Å²) in [5, 5.41) is 0. The highest BCUT2D eigenvalue weighted by molar-refractivity contribution is 6.38. The van der Waals surface area contributed by atoms with Crippen molar-refractivity contribution in [1.29, 1.82) is 0 Å². The minimum atomic E-state index is -0.195.